The molecule has 2 N–H and O–H groups in total. The minimum absolute atomic E-state index is 0.0812. The minimum atomic E-state index is 0.0812. The van der Waals surface area contributed by atoms with Gasteiger partial charge in [0, 0.05) is 30.3 Å². The van der Waals surface area contributed by atoms with Crippen molar-refractivity contribution in [2.45, 2.75) is 24.7 Å². The Morgan fingerprint density at radius 2 is 2.25 bits per heavy atom. The summed E-state index contributed by atoms with van der Waals surface area (Å²) in [5, 5.41) is 2.93. The summed E-state index contributed by atoms with van der Waals surface area (Å²) >= 11 is 1.58. The Hall–Kier alpha value is -1.75. The number of H-pyrrole nitrogens is 1. The van der Waals surface area contributed by atoms with Gasteiger partial charge in [-0.05, 0) is 25.0 Å². The molecular weight excluding hydrogens is 270 g/mol. The molecule has 1 aromatic carbocycles. The molecule has 0 bridgehead atoms. The van der Waals surface area contributed by atoms with E-state index < -0.39 is 0 Å². The summed E-state index contributed by atoms with van der Waals surface area (Å²) in [5.41, 5.74) is 1.21. The molecule has 5 heteroatoms. The third kappa shape index (κ3) is 4.74. The molecule has 1 amide bonds. The molecule has 1 aromatic heterocycles. The summed E-state index contributed by atoms with van der Waals surface area (Å²) in [6.45, 7) is 2.75. The van der Waals surface area contributed by atoms with E-state index >= 15 is 0 Å². The van der Waals surface area contributed by atoms with Gasteiger partial charge in [-0.15, -0.1) is 11.8 Å². The first-order valence-corrected chi connectivity index (χ1v) is 7.67. The number of aryl methyl sites for hydroxylation is 2. The van der Waals surface area contributed by atoms with E-state index in [9.17, 15) is 4.79 Å². The molecule has 0 aliphatic rings. The predicted molar refractivity (Wildman–Crippen MR) is 81.8 cm³/mol. The van der Waals surface area contributed by atoms with Crippen LogP contribution < -0.4 is 5.32 Å². The van der Waals surface area contributed by atoms with Crippen LogP contribution in [0, 0.1) is 6.92 Å². The fraction of sp³-hybridized carbons (Fsp3) is 0.333. The average molecular weight is 289 g/mol. The number of rotatable bonds is 7. The second-order valence-corrected chi connectivity index (χ2v) is 5.56. The minimum Gasteiger partial charge on any atom is -0.355 e. The number of aromatic nitrogens is 2. The molecule has 0 spiro atoms. The first kappa shape index (κ1) is 14.7. The van der Waals surface area contributed by atoms with Crippen LogP contribution in [0.1, 0.15) is 17.8 Å². The lowest BCUT2D eigenvalue weighted by Gasteiger charge is -2.06. The molecule has 0 unspecified atom stereocenters. The summed E-state index contributed by atoms with van der Waals surface area (Å²) < 4.78 is 0. The van der Waals surface area contributed by atoms with E-state index in [0.29, 0.717) is 12.3 Å². The van der Waals surface area contributed by atoms with Crippen molar-refractivity contribution in [3.63, 3.8) is 0 Å². The van der Waals surface area contributed by atoms with E-state index in [1.165, 1.54) is 10.5 Å². The van der Waals surface area contributed by atoms with Gasteiger partial charge in [0.05, 0.1) is 5.75 Å². The Morgan fingerprint density at radius 1 is 1.40 bits per heavy atom. The maximum absolute atomic E-state index is 11.7. The third-order valence-electron chi connectivity index (χ3n) is 2.92. The topological polar surface area (TPSA) is 57.8 Å². The van der Waals surface area contributed by atoms with Crippen LogP contribution in [-0.2, 0) is 11.2 Å². The zero-order valence-corrected chi connectivity index (χ0v) is 12.4. The molecule has 0 radical (unpaired) electrons. The van der Waals surface area contributed by atoms with Crippen molar-refractivity contribution < 1.29 is 4.79 Å². The third-order valence-corrected chi connectivity index (χ3v) is 4.10. The van der Waals surface area contributed by atoms with Crippen LogP contribution in [0.4, 0.5) is 0 Å². The maximum atomic E-state index is 11.7. The van der Waals surface area contributed by atoms with Gasteiger partial charge in [0.15, 0.2) is 0 Å². The lowest BCUT2D eigenvalue weighted by molar-refractivity contribution is -0.118. The molecule has 0 aliphatic carbocycles. The van der Waals surface area contributed by atoms with E-state index in [1.54, 1.807) is 18.0 Å². The normalized spacial score (nSPS) is 10.4. The van der Waals surface area contributed by atoms with Crippen LogP contribution in [0.2, 0.25) is 0 Å². The Morgan fingerprint density at radius 3 is 3.00 bits per heavy atom. The molecule has 0 saturated heterocycles. The van der Waals surface area contributed by atoms with Gasteiger partial charge in [0.2, 0.25) is 5.91 Å². The zero-order valence-electron chi connectivity index (χ0n) is 11.6. The highest BCUT2D eigenvalue weighted by atomic mass is 32.2. The van der Waals surface area contributed by atoms with E-state index in [0.717, 1.165) is 18.7 Å². The molecule has 0 aliphatic heterocycles. The number of hydrogen-bond donors (Lipinski definition) is 2. The number of nitrogens with zero attached hydrogens (tertiary/aromatic N) is 1. The summed E-state index contributed by atoms with van der Waals surface area (Å²) in [6, 6.07) is 8.11. The smallest absolute Gasteiger partial charge is 0.230 e. The van der Waals surface area contributed by atoms with Gasteiger partial charge in [0.25, 0.3) is 0 Å². The quantitative estimate of drug-likeness (QED) is 0.608. The number of thioether (sulfide) groups is 1. The number of imidazole rings is 1. The van der Waals surface area contributed by atoms with E-state index in [2.05, 4.69) is 28.3 Å². The van der Waals surface area contributed by atoms with Crippen LogP contribution in [-0.4, -0.2) is 28.2 Å². The Bertz CT molecular complexity index is 540. The Kier molecular flexibility index (Phi) is 5.68. The Balaban J connectivity index is 1.62. The lowest BCUT2D eigenvalue weighted by Crippen LogP contribution is -2.26. The molecule has 0 atom stereocenters. The van der Waals surface area contributed by atoms with Crippen LogP contribution in [0.3, 0.4) is 0 Å². The summed E-state index contributed by atoms with van der Waals surface area (Å²) in [7, 11) is 0. The number of hydrogen-bond acceptors (Lipinski definition) is 3. The predicted octanol–water partition coefficient (Wildman–Crippen LogP) is 2.56. The van der Waals surface area contributed by atoms with Crippen molar-refractivity contribution in [2.24, 2.45) is 0 Å². The van der Waals surface area contributed by atoms with Gasteiger partial charge in [-0.3, -0.25) is 4.79 Å². The first-order chi connectivity index (χ1) is 9.75. The maximum Gasteiger partial charge on any atom is 0.230 e. The monoisotopic (exact) mass is 289 g/mol. The van der Waals surface area contributed by atoms with Gasteiger partial charge in [-0.1, -0.05) is 18.2 Å². The number of amides is 1. The van der Waals surface area contributed by atoms with Crippen LogP contribution in [0.15, 0.2) is 41.6 Å². The number of carbonyl (C=O) groups is 1. The second-order valence-electron chi connectivity index (χ2n) is 4.54. The summed E-state index contributed by atoms with van der Waals surface area (Å²) in [5.74, 6) is 1.51. The SMILES string of the molecule is Cc1ccccc1SCC(=O)NCCCc1ncc[nH]1. The van der Waals surface area contributed by atoms with Gasteiger partial charge >= 0.3 is 0 Å². The fourth-order valence-electron chi connectivity index (χ4n) is 1.83. The van der Waals surface area contributed by atoms with Gasteiger partial charge < -0.3 is 10.3 Å². The number of carbonyl (C=O) groups excluding carboxylic acids is 1. The van der Waals surface area contributed by atoms with E-state index in [-0.39, 0.29) is 5.91 Å². The van der Waals surface area contributed by atoms with Crippen molar-refractivity contribution in [1.82, 2.24) is 15.3 Å². The second kappa shape index (κ2) is 7.75. The largest absolute Gasteiger partial charge is 0.355 e. The number of nitrogens with one attached hydrogen (secondary N) is 2. The molecule has 20 heavy (non-hydrogen) atoms. The van der Waals surface area contributed by atoms with Gasteiger partial charge in [0.1, 0.15) is 5.82 Å². The summed E-state index contributed by atoms with van der Waals surface area (Å²) in [6.07, 6.45) is 5.31. The highest BCUT2D eigenvalue weighted by molar-refractivity contribution is 8.00. The average Bonchev–Trinajstić information content (AvgIpc) is 2.96. The zero-order chi connectivity index (χ0) is 14.2. The van der Waals surface area contributed by atoms with Crippen LogP contribution in [0.25, 0.3) is 0 Å². The molecule has 2 aromatic rings. The molecule has 1 heterocycles. The Labute approximate surface area is 123 Å². The molecular formula is C15H19N3OS. The van der Waals surface area contributed by atoms with Gasteiger partial charge in [-0.25, -0.2) is 4.98 Å². The van der Waals surface area contributed by atoms with Crippen molar-refractivity contribution >= 4 is 17.7 Å². The molecule has 106 valence electrons. The standard InChI is InChI=1S/C15H19N3OS/c1-12-5-2-3-6-13(12)20-11-15(19)18-8-4-7-14-16-9-10-17-14/h2-3,5-6,9-10H,4,7-8,11H2,1H3,(H,16,17)(H,18,19). The molecule has 0 fully saturated rings. The molecule has 0 saturated carbocycles. The van der Waals surface area contributed by atoms with E-state index in [4.69, 9.17) is 0 Å². The lowest BCUT2D eigenvalue weighted by atomic mass is 10.2. The van der Waals surface area contributed by atoms with E-state index in [1.807, 2.05) is 24.4 Å². The highest BCUT2D eigenvalue weighted by Gasteiger charge is 2.04. The fourth-order valence-corrected chi connectivity index (χ4v) is 2.69. The molecule has 4 nitrogen and oxygen atoms in total. The van der Waals surface area contributed by atoms with Crippen LogP contribution >= 0.6 is 11.8 Å². The molecule has 2 rings (SSSR count). The van der Waals surface area contributed by atoms with Crippen molar-refractivity contribution in [2.75, 3.05) is 12.3 Å². The number of aromatic amines is 1. The number of benzene rings is 1. The van der Waals surface area contributed by atoms with Crippen LogP contribution in [0.5, 0.6) is 0 Å². The van der Waals surface area contributed by atoms with Crippen molar-refractivity contribution in [1.29, 1.82) is 0 Å². The van der Waals surface area contributed by atoms with Crippen molar-refractivity contribution in [3.05, 3.63) is 48.0 Å². The van der Waals surface area contributed by atoms with Crippen molar-refractivity contribution in [3.8, 4) is 0 Å². The van der Waals surface area contributed by atoms with Gasteiger partial charge in [-0.2, -0.15) is 0 Å². The highest BCUT2D eigenvalue weighted by Crippen LogP contribution is 2.21. The first-order valence-electron chi connectivity index (χ1n) is 6.69. The summed E-state index contributed by atoms with van der Waals surface area (Å²) in [4.78, 5) is 20.1.